The first-order valence-electron chi connectivity index (χ1n) is 8.31. The number of carbonyl (C=O) groups is 1. The van der Waals surface area contributed by atoms with Gasteiger partial charge in [-0.05, 0) is 31.2 Å². The summed E-state index contributed by atoms with van der Waals surface area (Å²) in [5, 5.41) is 10.9. The van der Waals surface area contributed by atoms with E-state index in [0.29, 0.717) is 5.82 Å². The second kappa shape index (κ2) is 8.26. The first-order chi connectivity index (χ1) is 13.0. The van der Waals surface area contributed by atoms with Crippen molar-refractivity contribution >= 4 is 5.91 Å². The van der Waals surface area contributed by atoms with E-state index in [9.17, 15) is 14.0 Å². The molecule has 0 aliphatic rings. The van der Waals surface area contributed by atoms with Gasteiger partial charge in [-0.1, -0.05) is 6.07 Å². The number of hydrogen-bond donors (Lipinski definition) is 1. The monoisotopic (exact) mass is 371 g/mol. The van der Waals surface area contributed by atoms with Crippen molar-refractivity contribution in [3.05, 3.63) is 71.0 Å². The molecule has 0 aliphatic heterocycles. The first kappa shape index (κ1) is 18.3. The molecule has 2 heterocycles. The van der Waals surface area contributed by atoms with Gasteiger partial charge >= 0.3 is 0 Å². The molecule has 0 radical (unpaired) electrons. The fourth-order valence-corrected chi connectivity index (χ4v) is 2.35. The molecule has 0 bridgehead atoms. The van der Waals surface area contributed by atoms with Gasteiger partial charge in [-0.3, -0.25) is 9.59 Å². The van der Waals surface area contributed by atoms with Gasteiger partial charge in [0.25, 0.3) is 11.5 Å². The Bertz CT molecular complexity index is 971. The molecule has 1 unspecified atom stereocenters. The van der Waals surface area contributed by atoms with Gasteiger partial charge in [0, 0.05) is 31.1 Å². The van der Waals surface area contributed by atoms with E-state index in [1.165, 1.54) is 33.6 Å². The molecule has 0 saturated carbocycles. The molecule has 1 amide bonds. The highest BCUT2D eigenvalue weighted by atomic mass is 19.1. The molecule has 1 atom stereocenters. The number of hydrogen-bond acceptors (Lipinski definition) is 5. The van der Waals surface area contributed by atoms with E-state index in [4.69, 9.17) is 4.74 Å². The lowest BCUT2D eigenvalue weighted by atomic mass is 10.3. The van der Waals surface area contributed by atoms with E-state index in [1.807, 2.05) is 0 Å². The molecule has 3 rings (SSSR count). The minimum Gasteiger partial charge on any atom is -0.481 e. The standard InChI is InChI=1S/C18H18FN5O3/c1-13(27-15-5-2-4-14(19)12-15)18(26)20-9-11-24-17(25)7-6-16(22-24)23-10-3-8-21-23/h2-8,10,12-13H,9,11H2,1H3,(H,20,26). The van der Waals surface area contributed by atoms with E-state index in [2.05, 4.69) is 15.5 Å². The Morgan fingerprint density at radius 2 is 2.15 bits per heavy atom. The van der Waals surface area contributed by atoms with E-state index in [0.717, 1.165) is 0 Å². The van der Waals surface area contributed by atoms with Crippen molar-refractivity contribution in [2.24, 2.45) is 0 Å². The average Bonchev–Trinajstić information content (AvgIpc) is 3.18. The van der Waals surface area contributed by atoms with Crippen molar-refractivity contribution in [3.8, 4) is 11.6 Å². The molecule has 0 saturated heterocycles. The van der Waals surface area contributed by atoms with Crippen LogP contribution in [0, 0.1) is 5.82 Å². The van der Waals surface area contributed by atoms with Crippen LogP contribution in [0.4, 0.5) is 4.39 Å². The summed E-state index contributed by atoms with van der Waals surface area (Å²) < 4.78 is 21.3. The van der Waals surface area contributed by atoms with Gasteiger partial charge in [-0.25, -0.2) is 13.8 Å². The number of amides is 1. The van der Waals surface area contributed by atoms with Gasteiger partial charge in [0.2, 0.25) is 0 Å². The molecular formula is C18H18FN5O3. The van der Waals surface area contributed by atoms with E-state index in [1.54, 1.807) is 37.5 Å². The van der Waals surface area contributed by atoms with Crippen molar-refractivity contribution in [2.45, 2.75) is 19.6 Å². The minimum absolute atomic E-state index is 0.186. The lowest BCUT2D eigenvalue weighted by Gasteiger charge is -2.15. The molecule has 0 aliphatic carbocycles. The van der Waals surface area contributed by atoms with Gasteiger partial charge < -0.3 is 10.1 Å². The number of halogens is 1. The summed E-state index contributed by atoms with van der Waals surface area (Å²) in [6.07, 6.45) is 2.51. The maximum Gasteiger partial charge on any atom is 0.266 e. The number of carbonyl (C=O) groups excluding carboxylic acids is 1. The zero-order valence-electron chi connectivity index (χ0n) is 14.6. The van der Waals surface area contributed by atoms with Crippen LogP contribution in [0.2, 0.25) is 0 Å². The first-order valence-corrected chi connectivity index (χ1v) is 8.31. The maximum absolute atomic E-state index is 13.2. The fraction of sp³-hybridized carbons (Fsp3) is 0.222. The zero-order chi connectivity index (χ0) is 19.2. The van der Waals surface area contributed by atoms with Crippen LogP contribution in [-0.2, 0) is 11.3 Å². The predicted octanol–water partition coefficient (Wildman–Crippen LogP) is 1.15. The van der Waals surface area contributed by atoms with Crippen LogP contribution in [0.5, 0.6) is 5.75 Å². The molecule has 1 aromatic carbocycles. The summed E-state index contributed by atoms with van der Waals surface area (Å²) in [4.78, 5) is 24.0. The van der Waals surface area contributed by atoms with Crippen molar-refractivity contribution in [1.29, 1.82) is 0 Å². The van der Waals surface area contributed by atoms with Crippen molar-refractivity contribution in [3.63, 3.8) is 0 Å². The summed E-state index contributed by atoms with van der Waals surface area (Å²) in [5.74, 6) is -0.0608. The second-order valence-corrected chi connectivity index (χ2v) is 5.71. The molecule has 9 heteroatoms. The lowest BCUT2D eigenvalue weighted by Crippen LogP contribution is -2.39. The van der Waals surface area contributed by atoms with Crippen molar-refractivity contribution < 1.29 is 13.9 Å². The molecule has 3 aromatic rings. The fourth-order valence-electron chi connectivity index (χ4n) is 2.35. The number of nitrogens with one attached hydrogen (secondary N) is 1. The number of benzene rings is 1. The summed E-state index contributed by atoms with van der Waals surface area (Å²) >= 11 is 0. The molecular weight excluding hydrogens is 353 g/mol. The van der Waals surface area contributed by atoms with Gasteiger partial charge in [0.1, 0.15) is 11.6 Å². The third kappa shape index (κ3) is 4.78. The summed E-state index contributed by atoms with van der Waals surface area (Å²) in [5.41, 5.74) is -0.288. The third-order valence-electron chi connectivity index (χ3n) is 3.69. The van der Waals surface area contributed by atoms with Gasteiger partial charge in [0.05, 0.1) is 6.54 Å². The van der Waals surface area contributed by atoms with Gasteiger partial charge in [0.15, 0.2) is 11.9 Å². The SMILES string of the molecule is CC(Oc1cccc(F)c1)C(=O)NCCn1nc(-n2cccn2)ccc1=O. The summed E-state index contributed by atoms with van der Waals surface area (Å²) in [6, 6.07) is 10.3. The van der Waals surface area contributed by atoms with Crippen molar-refractivity contribution in [1.82, 2.24) is 24.9 Å². The third-order valence-corrected chi connectivity index (χ3v) is 3.69. The van der Waals surface area contributed by atoms with Gasteiger partial charge in [-0.15, -0.1) is 5.10 Å². The lowest BCUT2D eigenvalue weighted by molar-refractivity contribution is -0.127. The minimum atomic E-state index is -0.813. The molecule has 0 spiro atoms. The van der Waals surface area contributed by atoms with E-state index >= 15 is 0 Å². The van der Waals surface area contributed by atoms with E-state index < -0.39 is 11.9 Å². The topological polar surface area (TPSA) is 91.0 Å². The number of aromatic nitrogens is 4. The highest BCUT2D eigenvalue weighted by Crippen LogP contribution is 2.13. The normalized spacial score (nSPS) is 11.8. The van der Waals surface area contributed by atoms with Crippen LogP contribution in [0.15, 0.2) is 59.7 Å². The molecule has 27 heavy (non-hydrogen) atoms. The molecule has 2 aromatic heterocycles. The smallest absolute Gasteiger partial charge is 0.266 e. The maximum atomic E-state index is 13.2. The predicted molar refractivity (Wildman–Crippen MR) is 95.1 cm³/mol. The van der Waals surface area contributed by atoms with Crippen LogP contribution in [-0.4, -0.2) is 38.1 Å². The largest absolute Gasteiger partial charge is 0.481 e. The van der Waals surface area contributed by atoms with Crippen LogP contribution >= 0.6 is 0 Å². The Hall–Kier alpha value is -3.49. The Labute approximate surface area is 154 Å². The second-order valence-electron chi connectivity index (χ2n) is 5.71. The molecule has 0 fully saturated rings. The Kier molecular flexibility index (Phi) is 5.60. The van der Waals surface area contributed by atoms with Crippen molar-refractivity contribution in [2.75, 3.05) is 6.54 Å². The average molecular weight is 371 g/mol. The zero-order valence-corrected chi connectivity index (χ0v) is 14.6. The number of rotatable bonds is 7. The Morgan fingerprint density at radius 3 is 2.89 bits per heavy atom. The number of ether oxygens (including phenoxy) is 1. The summed E-state index contributed by atoms with van der Waals surface area (Å²) in [6.45, 7) is 1.93. The quantitative estimate of drug-likeness (QED) is 0.673. The molecule has 140 valence electrons. The summed E-state index contributed by atoms with van der Waals surface area (Å²) in [7, 11) is 0. The van der Waals surface area contributed by atoms with E-state index in [-0.39, 0.29) is 30.3 Å². The molecule has 1 N–H and O–H groups in total. The Morgan fingerprint density at radius 1 is 1.30 bits per heavy atom. The van der Waals surface area contributed by atoms with Crippen LogP contribution in [0.3, 0.4) is 0 Å². The van der Waals surface area contributed by atoms with Crippen LogP contribution < -0.4 is 15.6 Å². The number of nitrogens with zero attached hydrogens (tertiary/aromatic N) is 4. The molecule has 8 nitrogen and oxygen atoms in total. The van der Waals surface area contributed by atoms with Crippen LogP contribution in [0.25, 0.3) is 5.82 Å². The highest BCUT2D eigenvalue weighted by molar-refractivity contribution is 5.80. The highest BCUT2D eigenvalue weighted by Gasteiger charge is 2.14. The van der Waals surface area contributed by atoms with Gasteiger partial charge in [-0.2, -0.15) is 5.10 Å². The Balaban J connectivity index is 1.55. The van der Waals surface area contributed by atoms with Crippen LogP contribution in [0.1, 0.15) is 6.92 Å².